The fraction of sp³-hybridized carbons (Fsp3) is 0.360. The molecule has 160 valence electrons. The van der Waals surface area contributed by atoms with Gasteiger partial charge in [-0.05, 0) is 42.6 Å². The van der Waals surface area contributed by atoms with E-state index in [9.17, 15) is 4.79 Å². The summed E-state index contributed by atoms with van der Waals surface area (Å²) in [7, 11) is 3.80. The van der Waals surface area contributed by atoms with Crippen molar-refractivity contribution in [1.29, 1.82) is 0 Å². The van der Waals surface area contributed by atoms with Crippen LogP contribution in [0.5, 0.6) is 5.75 Å². The summed E-state index contributed by atoms with van der Waals surface area (Å²) in [5.74, 6) is 0.711. The largest absolute Gasteiger partial charge is 0.486 e. The predicted molar refractivity (Wildman–Crippen MR) is 120 cm³/mol. The van der Waals surface area contributed by atoms with Crippen LogP contribution in [-0.4, -0.2) is 64.3 Å². The van der Waals surface area contributed by atoms with Gasteiger partial charge in [-0.2, -0.15) is 5.10 Å². The Morgan fingerprint density at radius 2 is 1.90 bits per heavy atom. The van der Waals surface area contributed by atoms with Crippen molar-refractivity contribution < 1.29 is 9.53 Å². The second kappa shape index (κ2) is 8.19. The minimum Gasteiger partial charge on any atom is -0.486 e. The molecule has 0 aliphatic carbocycles. The van der Waals surface area contributed by atoms with Crippen LogP contribution in [-0.2, 0) is 13.5 Å². The van der Waals surface area contributed by atoms with Crippen LogP contribution < -0.4 is 4.74 Å². The van der Waals surface area contributed by atoms with Crippen LogP contribution in [0.15, 0.2) is 60.9 Å². The fourth-order valence-corrected chi connectivity index (χ4v) is 4.70. The lowest BCUT2D eigenvalue weighted by Crippen LogP contribution is -2.44. The standard InChI is InChI=1S/C25H28N4O2/c1-27-15-20(14-26-27)19-10-11-21-23(13-19)31-24-17-29(16-22(24)28(2)25(21)30)12-6-9-18-7-4-3-5-8-18/h3-5,7-8,10-11,13-15,22,24H,6,9,12,16-17H2,1-2H3/t22-,24+/m1/s1. The van der Waals surface area contributed by atoms with Crippen molar-refractivity contribution in [2.24, 2.45) is 7.05 Å². The molecule has 0 bridgehead atoms. The molecule has 3 aromatic rings. The van der Waals surface area contributed by atoms with Gasteiger partial charge in [-0.15, -0.1) is 0 Å². The van der Waals surface area contributed by atoms with Crippen LogP contribution in [0.4, 0.5) is 0 Å². The van der Waals surface area contributed by atoms with E-state index < -0.39 is 0 Å². The molecule has 0 radical (unpaired) electrons. The van der Waals surface area contributed by atoms with Gasteiger partial charge in [0.05, 0.1) is 17.8 Å². The normalized spacial score (nSPS) is 20.8. The molecule has 1 fully saturated rings. The van der Waals surface area contributed by atoms with E-state index in [4.69, 9.17) is 4.74 Å². The number of benzene rings is 2. The van der Waals surface area contributed by atoms with Crippen molar-refractivity contribution in [1.82, 2.24) is 19.6 Å². The van der Waals surface area contributed by atoms with Gasteiger partial charge < -0.3 is 9.64 Å². The lowest BCUT2D eigenvalue weighted by Gasteiger charge is -2.25. The molecule has 2 atom stereocenters. The zero-order chi connectivity index (χ0) is 21.4. The van der Waals surface area contributed by atoms with Crippen LogP contribution in [0.25, 0.3) is 11.1 Å². The summed E-state index contributed by atoms with van der Waals surface area (Å²) in [6.07, 6.45) is 5.96. The summed E-state index contributed by atoms with van der Waals surface area (Å²) in [5.41, 5.74) is 4.04. The molecule has 0 spiro atoms. The average Bonchev–Trinajstić information content (AvgIpc) is 3.37. The first-order valence-corrected chi connectivity index (χ1v) is 10.9. The van der Waals surface area contributed by atoms with Gasteiger partial charge in [0.15, 0.2) is 0 Å². The highest BCUT2D eigenvalue weighted by molar-refractivity contribution is 5.98. The number of rotatable bonds is 5. The van der Waals surface area contributed by atoms with Crippen molar-refractivity contribution in [2.45, 2.75) is 25.0 Å². The van der Waals surface area contributed by atoms with Crippen LogP contribution >= 0.6 is 0 Å². The Kier molecular flexibility index (Phi) is 5.24. The smallest absolute Gasteiger partial charge is 0.257 e. The SMILES string of the molecule is CN1C(=O)c2ccc(-c3cnn(C)c3)cc2O[C@H]2CN(CCCc3ccccc3)C[C@H]21. The molecule has 2 aromatic carbocycles. The Morgan fingerprint density at radius 3 is 2.68 bits per heavy atom. The molecule has 3 heterocycles. The minimum atomic E-state index is -0.0175. The molecule has 5 rings (SSSR count). The summed E-state index contributed by atoms with van der Waals surface area (Å²) in [4.78, 5) is 17.4. The first kappa shape index (κ1) is 19.8. The van der Waals surface area contributed by atoms with E-state index >= 15 is 0 Å². The summed E-state index contributed by atoms with van der Waals surface area (Å²) in [6, 6.07) is 16.5. The number of hydrogen-bond acceptors (Lipinski definition) is 4. The average molecular weight is 417 g/mol. The molecule has 2 aliphatic rings. The highest BCUT2D eigenvalue weighted by atomic mass is 16.5. The fourth-order valence-electron chi connectivity index (χ4n) is 4.70. The Morgan fingerprint density at radius 1 is 1.06 bits per heavy atom. The Labute approximate surface area is 183 Å². The zero-order valence-corrected chi connectivity index (χ0v) is 18.1. The van der Waals surface area contributed by atoms with Gasteiger partial charge in [-0.1, -0.05) is 36.4 Å². The molecular formula is C25H28N4O2. The Bertz CT molecular complexity index is 1080. The second-order valence-electron chi connectivity index (χ2n) is 8.60. The van der Waals surface area contributed by atoms with Gasteiger partial charge in [-0.25, -0.2) is 0 Å². The van der Waals surface area contributed by atoms with E-state index in [1.807, 2.05) is 49.6 Å². The van der Waals surface area contributed by atoms with Crippen LogP contribution in [0.3, 0.4) is 0 Å². The molecule has 6 heteroatoms. The number of carbonyl (C=O) groups excluding carboxylic acids is 1. The zero-order valence-electron chi connectivity index (χ0n) is 18.1. The summed E-state index contributed by atoms with van der Waals surface area (Å²) in [6.45, 7) is 2.70. The first-order chi connectivity index (χ1) is 15.1. The highest BCUT2D eigenvalue weighted by Gasteiger charge is 2.42. The van der Waals surface area contributed by atoms with Gasteiger partial charge in [0.25, 0.3) is 5.91 Å². The van der Waals surface area contributed by atoms with E-state index in [0.29, 0.717) is 11.3 Å². The molecular weight excluding hydrogens is 388 g/mol. The molecule has 0 unspecified atom stereocenters. The summed E-state index contributed by atoms with van der Waals surface area (Å²) >= 11 is 0. The van der Waals surface area contributed by atoms with Gasteiger partial charge >= 0.3 is 0 Å². The monoisotopic (exact) mass is 416 g/mol. The molecule has 0 N–H and O–H groups in total. The third-order valence-electron chi connectivity index (χ3n) is 6.44. The predicted octanol–water partition coefficient (Wildman–Crippen LogP) is 3.24. The number of nitrogens with zero attached hydrogens (tertiary/aromatic N) is 4. The molecule has 1 aromatic heterocycles. The van der Waals surface area contributed by atoms with Crippen LogP contribution in [0.2, 0.25) is 0 Å². The minimum absolute atomic E-state index is 0.0175. The Balaban J connectivity index is 1.31. The maximum absolute atomic E-state index is 13.1. The van der Waals surface area contributed by atoms with Crippen molar-refractivity contribution in [3.05, 3.63) is 72.1 Å². The van der Waals surface area contributed by atoms with E-state index in [2.05, 4.69) is 40.3 Å². The maximum Gasteiger partial charge on any atom is 0.257 e. The van der Waals surface area contributed by atoms with Gasteiger partial charge in [-0.3, -0.25) is 14.4 Å². The molecule has 0 saturated carbocycles. The number of likely N-dealkylation sites (N-methyl/N-ethyl adjacent to an activating group) is 1. The number of aryl methyl sites for hydroxylation is 2. The van der Waals surface area contributed by atoms with Crippen LogP contribution in [0, 0.1) is 0 Å². The number of hydrogen-bond donors (Lipinski definition) is 0. The van der Waals surface area contributed by atoms with Gasteiger partial charge in [0, 0.05) is 38.9 Å². The third kappa shape index (κ3) is 3.95. The number of likely N-dealkylation sites (tertiary alicyclic amines) is 1. The van der Waals surface area contributed by atoms with Crippen molar-refractivity contribution in [3.63, 3.8) is 0 Å². The van der Waals surface area contributed by atoms with E-state index in [0.717, 1.165) is 43.6 Å². The van der Waals surface area contributed by atoms with Crippen molar-refractivity contribution >= 4 is 5.91 Å². The lowest BCUT2D eigenvalue weighted by molar-refractivity contribution is 0.0682. The second-order valence-corrected chi connectivity index (χ2v) is 8.60. The quantitative estimate of drug-likeness (QED) is 0.641. The van der Waals surface area contributed by atoms with Crippen LogP contribution in [0.1, 0.15) is 22.3 Å². The third-order valence-corrected chi connectivity index (χ3v) is 6.44. The molecule has 6 nitrogen and oxygen atoms in total. The van der Waals surface area contributed by atoms with Crippen molar-refractivity contribution in [2.75, 3.05) is 26.7 Å². The van der Waals surface area contributed by atoms with Crippen molar-refractivity contribution in [3.8, 4) is 16.9 Å². The van der Waals surface area contributed by atoms with Gasteiger partial charge in [0.1, 0.15) is 11.9 Å². The molecule has 31 heavy (non-hydrogen) atoms. The number of ether oxygens (including phenoxy) is 1. The lowest BCUT2D eigenvalue weighted by atomic mass is 10.1. The number of amides is 1. The van der Waals surface area contributed by atoms with E-state index in [-0.39, 0.29) is 18.1 Å². The van der Waals surface area contributed by atoms with E-state index in [1.165, 1.54) is 5.56 Å². The highest BCUT2D eigenvalue weighted by Crippen LogP contribution is 2.34. The number of fused-ring (bicyclic) bond motifs is 2. The molecule has 1 saturated heterocycles. The molecule has 1 amide bonds. The number of carbonyl (C=O) groups is 1. The van der Waals surface area contributed by atoms with Gasteiger partial charge in [0.2, 0.25) is 0 Å². The molecule has 2 aliphatic heterocycles. The summed E-state index contributed by atoms with van der Waals surface area (Å²) in [5, 5.41) is 4.26. The summed E-state index contributed by atoms with van der Waals surface area (Å²) < 4.78 is 8.23. The maximum atomic E-state index is 13.1. The Hall–Kier alpha value is -3.12. The van der Waals surface area contributed by atoms with E-state index in [1.54, 1.807) is 4.68 Å². The number of aromatic nitrogens is 2. The topological polar surface area (TPSA) is 50.6 Å². The first-order valence-electron chi connectivity index (χ1n) is 10.9.